The molecular formula is C26H18N. The van der Waals surface area contributed by atoms with Crippen molar-refractivity contribution in [2.24, 2.45) is 0 Å². The average Bonchev–Trinajstić information content (AvgIpc) is 2.74. The summed E-state index contributed by atoms with van der Waals surface area (Å²) in [5, 5.41) is 4.92. The molecular weight excluding hydrogens is 326 g/mol. The highest BCUT2D eigenvalue weighted by molar-refractivity contribution is 6.05. The molecule has 5 aromatic rings. The zero-order valence-corrected chi connectivity index (χ0v) is 14.8. The predicted molar refractivity (Wildman–Crippen MR) is 115 cm³/mol. The Labute approximate surface area is 159 Å². The average molecular weight is 344 g/mol. The molecule has 1 heteroatoms. The van der Waals surface area contributed by atoms with E-state index in [1.54, 1.807) is 0 Å². The molecule has 0 fully saturated rings. The minimum absolute atomic E-state index is 1.13. The van der Waals surface area contributed by atoms with Crippen LogP contribution in [-0.4, -0.2) is 0 Å². The molecule has 0 saturated carbocycles. The van der Waals surface area contributed by atoms with Crippen LogP contribution in [-0.2, 0) is 0 Å². The van der Waals surface area contributed by atoms with Crippen LogP contribution in [0.4, 0.5) is 17.1 Å². The quantitative estimate of drug-likeness (QED) is 0.311. The lowest BCUT2D eigenvalue weighted by Gasteiger charge is -2.26. The number of hydrogen-bond donors (Lipinski definition) is 0. The molecule has 5 aromatic carbocycles. The number of rotatable bonds is 3. The maximum absolute atomic E-state index is 3.35. The third kappa shape index (κ3) is 2.84. The highest BCUT2D eigenvalue weighted by Crippen LogP contribution is 2.39. The molecule has 0 aromatic heterocycles. The van der Waals surface area contributed by atoms with Gasteiger partial charge >= 0.3 is 0 Å². The molecule has 0 N–H and O–H groups in total. The maximum Gasteiger partial charge on any atom is 0.0546 e. The number of fused-ring (bicyclic) bond motifs is 2. The first kappa shape index (κ1) is 15.7. The maximum atomic E-state index is 3.35. The van der Waals surface area contributed by atoms with Gasteiger partial charge in [-0.15, -0.1) is 0 Å². The molecule has 0 aliphatic rings. The number of nitrogens with zero attached hydrogens (tertiary/aromatic N) is 1. The molecule has 127 valence electrons. The van der Waals surface area contributed by atoms with Crippen molar-refractivity contribution >= 4 is 38.6 Å². The monoisotopic (exact) mass is 344 g/mol. The van der Waals surface area contributed by atoms with E-state index in [2.05, 4.69) is 120 Å². The second-order valence-corrected chi connectivity index (χ2v) is 6.63. The van der Waals surface area contributed by atoms with Crippen molar-refractivity contribution in [1.82, 2.24) is 0 Å². The van der Waals surface area contributed by atoms with Gasteiger partial charge < -0.3 is 4.90 Å². The van der Waals surface area contributed by atoms with Crippen molar-refractivity contribution in [3.8, 4) is 0 Å². The fourth-order valence-corrected chi connectivity index (χ4v) is 3.65. The SMILES string of the molecule is [c]1cc(N(c2ccccc2)c2ccccc2)c2cc3ccccc3cc2c1. The van der Waals surface area contributed by atoms with Crippen molar-refractivity contribution in [1.29, 1.82) is 0 Å². The molecule has 1 radical (unpaired) electrons. The Bertz CT molecular complexity index is 1170. The topological polar surface area (TPSA) is 3.24 Å². The standard InChI is InChI=1S/C26H18N/c1-3-13-23(14-4-1)27(24-15-5-2-6-16-24)26-17-9-12-22-18-20-10-7-8-11-21(20)19-25(22)26/h1-8,10-19H. The second-order valence-electron chi connectivity index (χ2n) is 6.63. The van der Waals surface area contributed by atoms with Gasteiger partial charge in [-0.2, -0.15) is 0 Å². The second kappa shape index (κ2) is 6.62. The van der Waals surface area contributed by atoms with Crippen LogP contribution in [0.5, 0.6) is 0 Å². The van der Waals surface area contributed by atoms with E-state index >= 15 is 0 Å². The molecule has 27 heavy (non-hydrogen) atoms. The fraction of sp³-hybridized carbons (Fsp3) is 0. The molecule has 0 atom stereocenters. The zero-order valence-electron chi connectivity index (χ0n) is 14.8. The Morgan fingerprint density at radius 2 is 1.07 bits per heavy atom. The van der Waals surface area contributed by atoms with E-state index in [0.29, 0.717) is 0 Å². The van der Waals surface area contributed by atoms with Crippen LogP contribution in [0.25, 0.3) is 21.5 Å². The van der Waals surface area contributed by atoms with Gasteiger partial charge in [-0.1, -0.05) is 60.7 Å². The third-order valence-corrected chi connectivity index (χ3v) is 4.92. The molecule has 1 nitrogen and oxygen atoms in total. The smallest absolute Gasteiger partial charge is 0.0546 e. The Balaban J connectivity index is 1.81. The summed E-state index contributed by atoms with van der Waals surface area (Å²) < 4.78 is 0. The van der Waals surface area contributed by atoms with Gasteiger partial charge in [0.05, 0.1) is 5.69 Å². The third-order valence-electron chi connectivity index (χ3n) is 4.92. The van der Waals surface area contributed by atoms with Crippen LogP contribution in [0.3, 0.4) is 0 Å². The van der Waals surface area contributed by atoms with Gasteiger partial charge in [0, 0.05) is 16.8 Å². The van der Waals surface area contributed by atoms with Crippen LogP contribution in [0.15, 0.2) is 109 Å². The van der Waals surface area contributed by atoms with Gasteiger partial charge in [-0.25, -0.2) is 0 Å². The van der Waals surface area contributed by atoms with Crippen molar-refractivity contribution in [2.45, 2.75) is 0 Å². The summed E-state index contributed by atoms with van der Waals surface area (Å²) in [5.74, 6) is 0. The first-order chi connectivity index (χ1) is 13.4. The first-order valence-electron chi connectivity index (χ1n) is 9.13. The van der Waals surface area contributed by atoms with Crippen LogP contribution in [0, 0.1) is 6.07 Å². The Morgan fingerprint density at radius 3 is 1.70 bits per heavy atom. The van der Waals surface area contributed by atoms with E-state index < -0.39 is 0 Å². The van der Waals surface area contributed by atoms with E-state index in [1.165, 1.54) is 21.5 Å². The molecule has 0 amide bonds. The minimum atomic E-state index is 1.13. The molecule has 5 rings (SSSR count). The van der Waals surface area contributed by atoms with Crippen LogP contribution < -0.4 is 4.90 Å². The largest absolute Gasteiger partial charge is 0.310 e. The van der Waals surface area contributed by atoms with Crippen LogP contribution >= 0.6 is 0 Å². The van der Waals surface area contributed by atoms with Crippen molar-refractivity contribution in [3.63, 3.8) is 0 Å². The van der Waals surface area contributed by atoms with Gasteiger partial charge in [-0.05, 0) is 70.8 Å². The van der Waals surface area contributed by atoms with Gasteiger partial charge in [-0.3, -0.25) is 0 Å². The van der Waals surface area contributed by atoms with E-state index in [9.17, 15) is 0 Å². The van der Waals surface area contributed by atoms with E-state index in [4.69, 9.17) is 0 Å². The summed E-state index contributed by atoms with van der Waals surface area (Å²) in [5.41, 5.74) is 3.41. The van der Waals surface area contributed by atoms with E-state index in [1.807, 2.05) is 0 Å². The van der Waals surface area contributed by atoms with Gasteiger partial charge in [0.25, 0.3) is 0 Å². The molecule has 0 unspecified atom stereocenters. The molecule has 0 aliphatic carbocycles. The Kier molecular flexibility index (Phi) is 3.84. The number of anilines is 3. The van der Waals surface area contributed by atoms with Crippen LogP contribution in [0.1, 0.15) is 0 Å². The summed E-state index contributed by atoms with van der Waals surface area (Å²) in [4.78, 5) is 2.30. The normalized spacial score (nSPS) is 11.0. The van der Waals surface area contributed by atoms with E-state index in [0.717, 1.165) is 17.1 Å². The fourth-order valence-electron chi connectivity index (χ4n) is 3.65. The van der Waals surface area contributed by atoms with Crippen LogP contribution in [0.2, 0.25) is 0 Å². The predicted octanol–water partition coefficient (Wildman–Crippen LogP) is 7.26. The summed E-state index contributed by atoms with van der Waals surface area (Å²) in [6.07, 6.45) is 0. The molecule has 0 aliphatic heterocycles. The summed E-state index contributed by atoms with van der Waals surface area (Å²) in [7, 11) is 0. The highest BCUT2D eigenvalue weighted by Gasteiger charge is 2.15. The lowest BCUT2D eigenvalue weighted by atomic mass is 10.0. The van der Waals surface area contributed by atoms with Crippen molar-refractivity contribution in [3.05, 3.63) is 115 Å². The first-order valence-corrected chi connectivity index (χ1v) is 9.13. The lowest BCUT2D eigenvalue weighted by molar-refractivity contribution is 1.30. The van der Waals surface area contributed by atoms with Gasteiger partial charge in [0.15, 0.2) is 0 Å². The summed E-state index contributed by atoms with van der Waals surface area (Å²) >= 11 is 0. The summed E-state index contributed by atoms with van der Waals surface area (Å²) in [6, 6.07) is 41.5. The minimum Gasteiger partial charge on any atom is -0.310 e. The number of hydrogen-bond acceptors (Lipinski definition) is 1. The molecule has 0 saturated heterocycles. The van der Waals surface area contributed by atoms with Crippen molar-refractivity contribution in [2.75, 3.05) is 4.90 Å². The van der Waals surface area contributed by atoms with Gasteiger partial charge in [0.2, 0.25) is 0 Å². The number of benzene rings is 5. The molecule has 0 heterocycles. The Hall–Kier alpha value is -3.58. The molecule has 0 spiro atoms. The lowest BCUT2D eigenvalue weighted by Crippen LogP contribution is -2.10. The zero-order chi connectivity index (χ0) is 18.1. The highest BCUT2D eigenvalue weighted by atomic mass is 15.1. The van der Waals surface area contributed by atoms with Gasteiger partial charge in [0.1, 0.15) is 0 Å². The Morgan fingerprint density at radius 1 is 0.519 bits per heavy atom. The summed E-state index contributed by atoms with van der Waals surface area (Å²) in [6.45, 7) is 0. The number of para-hydroxylation sites is 2. The van der Waals surface area contributed by atoms with E-state index in [-0.39, 0.29) is 0 Å². The molecule has 0 bridgehead atoms. The van der Waals surface area contributed by atoms with Crippen molar-refractivity contribution < 1.29 is 0 Å².